The van der Waals surface area contributed by atoms with E-state index in [0.717, 1.165) is 6.42 Å². The second-order valence-electron chi connectivity index (χ2n) is 4.73. The highest BCUT2D eigenvalue weighted by Crippen LogP contribution is 2.36. The van der Waals surface area contributed by atoms with E-state index in [0.29, 0.717) is 24.0 Å². The highest BCUT2D eigenvalue weighted by Gasteiger charge is 2.34. The molecule has 0 radical (unpaired) electrons. The summed E-state index contributed by atoms with van der Waals surface area (Å²) in [7, 11) is -3.70. The summed E-state index contributed by atoms with van der Waals surface area (Å²) in [4.78, 5) is -0.0475. The summed E-state index contributed by atoms with van der Waals surface area (Å²) in [6.45, 7) is 0.889. The van der Waals surface area contributed by atoms with Crippen LogP contribution in [0.15, 0.2) is 21.5 Å². The Labute approximate surface area is 136 Å². The van der Waals surface area contributed by atoms with E-state index in [1.165, 1.54) is 16.4 Å². The first kappa shape index (κ1) is 16.5. The van der Waals surface area contributed by atoms with Crippen LogP contribution in [0.3, 0.4) is 0 Å². The molecule has 0 bridgehead atoms. The predicted octanol–water partition coefficient (Wildman–Crippen LogP) is 3.15. The summed E-state index contributed by atoms with van der Waals surface area (Å²) in [6, 6.07) is 3.03. The third-order valence-corrected chi connectivity index (χ3v) is 6.59. The first-order valence-electron chi connectivity index (χ1n) is 6.12. The number of benzene rings is 1. The van der Waals surface area contributed by atoms with E-state index in [9.17, 15) is 8.42 Å². The van der Waals surface area contributed by atoms with Crippen LogP contribution in [0.2, 0.25) is 10.0 Å². The highest BCUT2D eigenvalue weighted by molar-refractivity contribution is 9.10. The van der Waals surface area contributed by atoms with Gasteiger partial charge in [0.15, 0.2) is 0 Å². The normalized spacial score (nSPS) is 20.5. The lowest BCUT2D eigenvalue weighted by Crippen LogP contribution is -2.29. The Morgan fingerprint density at radius 3 is 2.50 bits per heavy atom. The van der Waals surface area contributed by atoms with Crippen molar-refractivity contribution in [1.29, 1.82) is 0 Å². The van der Waals surface area contributed by atoms with Crippen molar-refractivity contribution < 1.29 is 13.5 Å². The Morgan fingerprint density at radius 2 is 1.95 bits per heavy atom. The quantitative estimate of drug-likeness (QED) is 0.841. The Kier molecular flexibility index (Phi) is 5.37. The maximum Gasteiger partial charge on any atom is 0.246 e. The average Bonchev–Trinajstić information content (AvgIpc) is 2.76. The fourth-order valence-corrected chi connectivity index (χ4v) is 5.75. The lowest BCUT2D eigenvalue weighted by Gasteiger charge is -2.18. The smallest absolute Gasteiger partial charge is 0.246 e. The zero-order valence-electron chi connectivity index (χ0n) is 10.5. The standard InChI is InChI=1S/C12H14BrCl2NO3S/c13-9-5-10(14)12(11(15)6-9)20(18,19)16-3-1-8(7-16)2-4-17/h5-6,8,17H,1-4,7H2. The molecule has 1 aliphatic heterocycles. The molecule has 20 heavy (non-hydrogen) atoms. The van der Waals surface area contributed by atoms with E-state index in [2.05, 4.69) is 15.9 Å². The maximum absolute atomic E-state index is 12.6. The topological polar surface area (TPSA) is 57.6 Å². The van der Waals surface area contributed by atoms with E-state index < -0.39 is 10.0 Å². The minimum atomic E-state index is -3.70. The van der Waals surface area contributed by atoms with Crippen molar-refractivity contribution in [3.05, 3.63) is 26.7 Å². The van der Waals surface area contributed by atoms with Crippen molar-refractivity contribution in [2.24, 2.45) is 5.92 Å². The molecule has 1 saturated heterocycles. The number of aliphatic hydroxyl groups excluding tert-OH is 1. The monoisotopic (exact) mass is 401 g/mol. The Bertz CT molecular complexity index is 586. The summed E-state index contributed by atoms with van der Waals surface area (Å²) in [5.74, 6) is 0.183. The molecular weight excluding hydrogens is 389 g/mol. The first-order valence-corrected chi connectivity index (χ1v) is 9.10. The van der Waals surface area contributed by atoms with Gasteiger partial charge in [-0.3, -0.25) is 0 Å². The summed E-state index contributed by atoms with van der Waals surface area (Å²) in [6.07, 6.45) is 1.35. The van der Waals surface area contributed by atoms with Gasteiger partial charge in [-0.2, -0.15) is 4.31 Å². The fourth-order valence-electron chi connectivity index (χ4n) is 2.34. The number of rotatable bonds is 4. The second-order valence-corrected chi connectivity index (χ2v) is 8.33. The molecular formula is C12H14BrCl2NO3S. The summed E-state index contributed by atoms with van der Waals surface area (Å²) < 4.78 is 27.2. The Morgan fingerprint density at radius 1 is 1.35 bits per heavy atom. The molecule has 1 fully saturated rings. The van der Waals surface area contributed by atoms with Gasteiger partial charge in [0.25, 0.3) is 0 Å². The van der Waals surface area contributed by atoms with Crippen molar-refractivity contribution in [3.63, 3.8) is 0 Å². The number of nitrogens with zero attached hydrogens (tertiary/aromatic N) is 1. The van der Waals surface area contributed by atoms with Gasteiger partial charge in [0.1, 0.15) is 4.90 Å². The Hall–Kier alpha value is 0.150. The minimum Gasteiger partial charge on any atom is -0.396 e. The van der Waals surface area contributed by atoms with Crippen LogP contribution >= 0.6 is 39.1 Å². The van der Waals surface area contributed by atoms with Crippen LogP contribution in [0.5, 0.6) is 0 Å². The molecule has 1 unspecified atom stereocenters. The summed E-state index contributed by atoms with van der Waals surface area (Å²) in [5.41, 5.74) is 0. The molecule has 0 amide bonds. The van der Waals surface area contributed by atoms with Gasteiger partial charge in [0, 0.05) is 24.2 Å². The third kappa shape index (κ3) is 3.31. The van der Waals surface area contributed by atoms with Crippen molar-refractivity contribution in [3.8, 4) is 0 Å². The van der Waals surface area contributed by atoms with Crippen molar-refractivity contribution in [1.82, 2.24) is 4.31 Å². The van der Waals surface area contributed by atoms with Crippen LogP contribution < -0.4 is 0 Å². The molecule has 1 aliphatic rings. The molecule has 1 N–H and O–H groups in total. The molecule has 0 spiro atoms. The van der Waals surface area contributed by atoms with Gasteiger partial charge in [-0.1, -0.05) is 39.1 Å². The van der Waals surface area contributed by atoms with Crippen molar-refractivity contribution in [2.75, 3.05) is 19.7 Å². The van der Waals surface area contributed by atoms with Crippen LogP contribution in [0.4, 0.5) is 0 Å². The van der Waals surface area contributed by atoms with Gasteiger partial charge in [-0.25, -0.2) is 8.42 Å². The molecule has 0 aromatic heterocycles. The summed E-state index contributed by atoms with van der Waals surface area (Å²) in [5, 5.41) is 9.15. The van der Waals surface area contributed by atoms with Gasteiger partial charge < -0.3 is 5.11 Å². The molecule has 4 nitrogen and oxygen atoms in total. The molecule has 8 heteroatoms. The lowest BCUT2D eigenvalue weighted by atomic mass is 10.1. The lowest BCUT2D eigenvalue weighted by molar-refractivity contribution is 0.259. The van der Waals surface area contributed by atoms with E-state index in [1.807, 2.05) is 0 Å². The predicted molar refractivity (Wildman–Crippen MR) is 82.7 cm³/mol. The number of halogens is 3. The van der Waals surface area contributed by atoms with Gasteiger partial charge in [0.05, 0.1) is 10.0 Å². The van der Waals surface area contributed by atoms with E-state index in [-0.39, 0.29) is 27.5 Å². The fraction of sp³-hybridized carbons (Fsp3) is 0.500. The molecule has 2 rings (SSSR count). The van der Waals surface area contributed by atoms with E-state index in [4.69, 9.17) is 28.3 Å². The van der Waals surface area contributed by atoms with Crippen LogP contribution in [-0.2, 0) is 10.0 Å². The zero-order valence-corrected chi connectivity index (χ0v) is 14.4. The van der Waals surface area contributed by atoms with Gasteiger partial charge in [0.2, 0.25) is 10.0 Å². The maximum atomic E-state index is 12.6. The van der Waals surface area contributed by atoms with Crippen LogP contribution in [0, 0.1) is 5.92 Å². The minimum absolute atomic E-state index is 0.0475. The summed E-state index contributed by atoms with van der Waals surface area (Å²) >= 11 is 15.3. The molecule has 1 heterocycles. The van der Waals surface area contributed by atoms with Gasteiger partial charge in [-0.05, 0) is 30.9 Å². The number of hydrogen-bond acceptors (Lipinski definition) is 3. The van der Waals surface area contributed by atoms with Crippen LogP contribution in [0.25, 0.3) is 0 Å². The Balaban J connectivity index is 2.33. The second kappa shape index (κ2) is 6.50. The molecule has 1 aromatic carbocycles. The molecule has 0 aliphatic carbocycles. The SMILES string of the molecule is O=S(=O)(c1c(Cl)cc(Br)cc1Cl)N1CCC(CCO)C1. The first-order chi connectivity index (χ1) is 9.36. The molecule has 1 atom stereocenters. The van der Waals surface area contributed by atoms with Crippen molar-refractivity contribution >= 4 is 49.2 Å². The number of hydrogen-bond donors (Lipinski definition) is 1. The van der Waals surface area contributed by atoms with E-state index >= 15 is 0 Å². The number of aliphatic hydroxyl groups is 1. The third-order valence-electron chi connectivity index (χ3n) is 3.35. The van der Waals surface area contributed by atoms with Crippen molar-refractivity contribution in [2.45, 2.75) is 17.7 Å². The highest BCUT2D eigenvalue weighted by atomic mass is 79.9. The van der Waals surface area contributed by atoms with Gasteiger partial charge in [-0.15, -0.1) is 0 Å². The van der Waals surface area contributed by atoms with Crippen LogP contribution in [0.1, 0.15) is 12.8 Å². The molecule has 112 valence electrons. The zero-order chi connectivity index (χ0) is 14.9. The van der Waals surface area contributed by atoms with E-state index in [1.54, 1.807) is 0 Å². The van der Waals surface area contributed by atoms with Crippen LogP contribution in [-0.4, -0.2) is 37.5 Å². The molecule has 0 saturated carbocycles. The largest absolute Gasteiger partial charge is 0.396 e. The van der Waals surface area contributed by atoms with Gasteiger partial charge >= 0.3 is 0 Å². The average molecular weight is 403 g/mol. The molecule has 1 aromatic rings. The number of sulfonamides is 1.